The summed E-state index contributed by atoms with van der Waals surface area (Å²) in [6, 6.07) is 6.91. The Morgan fingerprint density at radius 2 is 1.87 bits per heavy atom. The zero-order chi connectivity index (χ0) is 11.1. The molecule has 0 bridgehead atoms. The van der Waals surface area contributed by atoms with Crippen molar-refractivity contribution in [1.29, 1.82) is 0 Å². The van der Waals surface area contributed by atoms with Gasteiger partial charge in [0.15, 0.2) is 0 Å². The number of hydrogen-bond acceptors (Lipinski definition) is 2. The number of hydrogen-bond donors (Lipinski definition) is 1. The topological polar surface area (TPSA) is 26.0 Å². The summed E-state index contributed by atoms with van der Waals surface area (Å²) in [4.78, 5) is 0. The van der Waals surface area contributed by atoms with E-state index in [1.807, 2.05) is 11.8 Å². The van der Waals surface area contributed by atoms with Crippen LogP contribution < -0.4 is 5.73 Å². The van der Waals surface area contributed by atoms with E-state index in [0.29, 0.717) is 0 Å². The van der Waals surface area contributed by atoms with Gasteiger partial charge in [-0.3, -0.25) is 0 Å². The highest BCUT2D eigenvalue weighted by Gasteiger charge is 1.98. The van der Waals surface area contributed by atoms with Crippen LogP contribution in [-0.2, 0) is 12.2 Å². The maximum atomic E-state index is 5.50. The first-order valence-corrected chi connectivity index (χ1v) is 6.94. The lowest BCUT2D eigenvalue weighted by molar-refractivity contribution is 0.744. The van der Waals surface area contributed by atoms with E-state index in [1.54, 1.807) is 0 Å². The molecule has 15 heavy (non-hydrogen) atoms. The molecule has 0 saturated heterocycles. The second kappa shape index (κ2) is 6.91. The zero-order valence-electron chi connectivity index (χ0n) is 9.75. The summed E-state index contributed by atoms with van der Waals surface area (Å²) < 4.78 is 0. The Hall–Kier alpha value is -0.470. The van der Waals surface area contributed by atoms with Gasteiger partial charge in [-0.2, -0.15) is 11.8 Å². The van der Waals surface area contributed by atoms with Crippen molar-refractivity contribution in [3.8, 4) is 0 Å². The molecule has 1 aromatic carbocycles. The Labute approximate surface area is 97.4 Å². The molecule has 0 aliphatic heterocycles. The van der Waals surface area contributed by atoms with Crippen LogP contribution in [0.25, 0.3) is 0 Å². The fourth-order valence-corrected chi connectivity index (χ4v) is 2.32. The second-order valence-electron chi connectivity index (χ2n) is 4.01. The summed E-state index contributed by atoms with van der Waals surface area (Å²) in [6.45, 7) is 2.99. The Balaban J connectivity index is 2.62. The molecule has 0 radical (unpaired) electrons. The Bertz CT molecular complexity index is 297. The summed E-state index contributed by atoms with van der Waals surface area (Å²) in [5.41, 5.74) is 9.79. The summed E-state index contributed by atoms with van der Waals surface area (Å²) >= 11 is 1.88. The van der Waals surface area contributed by atoms with Crippen molar-refractivity contribution in [3.05, 3.63) is 34.9 Å². The maximum Gasteiger partial charge on any atom is 0.0181 e. The molecule has 2 heteroatoms. The first kappa shape index (κ1) is 12.6. The van der Waals surface area contributed by atoms with Gasteiger partial charge >= 0.3 is 0 Å². The third-order valence-corrected chi connectivity index (χ3v) is 3.05. The van der Waals surface area contributed by atoms with Gasteiger partial charge in [0.25, 0.3) is 0 Å². The number of benzene rings is 1. The maximum absolute atomic E-state index is 5.50. The third kappa shape index (κ3) is 4.72. The number of thioether (sulfide) groups is 1. The van der Waals surface area contributed by atoms with Gasteiger partial charge in [0, 0.05) is 5.75 Å². The lowest BCUT2D eigenvalue weighted by Gasteiger charge is -2.06. The van der Waals surface area contributed by atoms with E-state index in [9.17, 15) is 0 Å². The van der Waals surface area contributed by atoms with E-state index in [1.165, 1.54) is 29.5 Å². The van der Waals surface area contributed by atoms with Crippen molar-refractivity contribution >= 4 is 11.8 Å². The smallest absolute Gasteiger partial charge is 0.0181 e. The van der Waals surface area contributed by atoms with Crippen LogP contribution in [0.3, 0.4) is 0 Å². The van der Waals surface area contributed by atoms with E-state index in [-0.39, 0.29) is 0 Å². The Morgan fingerprint density at radius 3 is 2.53 bits per heavy atom. The van der Waals surface area contributed by atoms with Gasteiger partial charge in [-0.1, -0.05) is 23.8 Å². The lowest BCUT2D eigenvalue weighted by Crippen LogP contribution is -1.99. The third-order valence-electron chi connectivity index (χ3n) is 2.43. The molecule has 0 atom stereocenters. The fourth-order valence-electron chi connectivity index (χ4n) is 1.82. The van der Waals surface area contributed by atoms with Crippen molar-refractivity contribution in [2.45, 2.75) is 31.9 Å². The molecule has 2 N–H and O–H groups in total. The molecule has 0 unspecified atom stereocenters. The molecular weight excluding hydrogens is 202 g/mol. The summed E-state index contributed by atoms with van der Waals surface area (Å²) in [7, 11) is 0. The molecule has 0 spiro atoms. The van der Waals surface area contributed by atoms with Crippen LogP contribution in [0, 0.1) is 6.92 Å². The predicted octanol–water partition coefficient (Wildman–Crippen LogP) is 3.14. The second-order valence-corrected chi connectivity index (χ2v) is 4.87. The summed E-state index contributed by atoms with van der Waals surface area (Å²) in [5.74, 6) is 1.12. The van der Waals surface area contributed by atoms with E-state index in [2.05, 4.69) is 31.4 Å². The zero-order valence-corrected chi connectivity index (χ0v) is 10.6. The van der Waals surface area contributed by atoms with Gasteiger partial charge in [-0.25, -0.2) is 0 Å². The molecule has 0 heterocycles. The van der Waals surface area contributed by atoms with Crippen molar-refractivity contribution < 1.29 is 0 Å². The number of rotatable bonds is 6. The minimum absolute atomic E-state index is 0.809. The molecule has 84 valence electrons. The average Bonchev–Trinajstić information content (AvgIpc) is 2.18. The van der Waals surface area contributed by atoms with Crippen LogP contribution in [0.5, 0.6) is 0 Å². The summed E-state index contributed by atoms with van der Waals surface area (Å²) in [5, 5.41) is 0. The van der Waals surface area contributed by atoms with Crippen molar-refractivity contribution in [2.75, 3.05) is 12.8 Å². The van der Waals surface area contributed by atoms with E-state index in [0.717, 1.165) is 18.7 Å². The fraction of sp³-hybridized carbons (Fsp3) is 0.538. The molecule has 1 aromatic rings. The number of nitrogens with two attached hydrogens (primary N) is 1. The van der Waals surface area contributed by atoms with Crippen LogP contribution in [0.2, 0.25) is 0 Å². The SMILES string of the molecule is CSCc1cc(C)cc(CCCCN)c1. The van der Waals surface area contributed by atoms with Crippen LogP contribution in [-0.4, -0.2) is 12.8 Å². The first-order chi connectivity index (χ1) is 7.26. The summed E-state index contributed by atoms with van der Waals surface area (Å²) in [6.07, 6.45) is 5.65. The van der Waals surface area contributed by atoms with Gasteiger partial charge in [0.05, 0.1) is 0 Å². The molecule has 0 aromatic heterocycles. The molecular formula is C13H21NS. The minimum atomic E-state index is 0.809. The first-order valence-electron chi connectivity index (χ1n) is 5.54. The molecule has 0 saturated carbocycles. The Kier molecular flexibility index (Phi) is 5.81. The molecule has 0 aliphatic rings. The predicted molar refractivity (Wildman–Crippen MR) is 70.4 cm³/mol. The molecule has 1 nitrogen and oxygen atoms in total. The molecule has 1 rings (SSSR count). The minimum Gasteiger partial charge on any atom is -0.330 e. The highest BCUT2D eigenvalue weighted by Crippen LogP contribution is 2.16. The quantitative estimate of drug-likeness (QED) is 0.750. The highest BCUT2D eigenvalue weighted by atomic mass is 32.2. The van der Waals surface area contributed by atoms with Crippen molar-refractivity contribution in [3.63, 3.8) is 0 Å². The number of aryl methyl sites for hydroxylation is 2. The van der Waals surface area contributed by atoms with Crippen molar-refractivity contribution in [2.24, 2.45) is 5.73 Å². The lowest BCUT2D eigenvalue weighted by atomic mass is 10.0. The van der Waals surface area contributed by atoms with E-state index >= 15 is 0 Å². The van der Waals surface area contributed by atoms with Crippen LogP contribution >= 0.6 is 11.8 Å². The van der Waals surface area contributed by atoms with Gasteiger partial charge in [-0.15, -0.1) is 0 Å². The monoisotopic (exact) mass is 223 g/mol. The molecule has 0 fully saturated rings. The van der Waals surface area contributed by atoms with Crippen LogP contribution in [0.4, 0.5) is 0 Å². The normalized spacial score (nSPS) is 10.6. The Morgan fingerprint density at radius 1 is 1.13 bits per heavy atom. The van der Waals surface area contributed by atoms with Gasteiger partial charge < -0.3 is 5.73 Å². The largest absolute Gasteiger partial charge is 0.330 e. The molecule has 0 amide bonds. The average molecular weight is 223 g/mol. The van der Waals surface area contributed by atoms with Gasteiger partial charge in [-0.05, 0) is 50.1 Å². The van der Waals surface area contributed by atoms with Crippen molar-refractivity contribution in [1.82, 2.24) is 0 Å². The standard InChI is InChI=1S/C13H21NS/c1-11-7-12(5-3-4-6-14)9-13(8-11)10-15-2/h7-9H,3-6,10,14H2,1-2H3. The molecule has 0 aliphatic carbocycles. The van der Waals surface area contributed by atoms with Gasteiger partial charge in [0.1, 0.15) is 0 Å². The van der Waals surface area contributed by atoms with Gasteiger partial charge in [0.2, 0.25) is 0 Å². The van der Waals surface area contributed by atoms with Crippen LogP contribution in [0.1, 0.15) is 29.5 Å². The van der Waals surface area contributed by atoms with E-state index in [4.69, 9.17) is 5.73 Å². The van der Waals surface area contributed by atoms with Crippen LogP contribution in [0.15, 0.2) is 18.2 Å². The highest BCUT2D eigenvalue weighted by molar-refractivity contribution is 7.97. The van der Waals surface area contributed by atoms with E-state index < -0.39 is 0 Å². The number of unbranched alkanes of at least 4 members (excludes halogenated alkanes) is 1.